The zero-order chi connectivity index (χ0) is 30.8. The molecule has 0 fully saturated rings. The molecule has 0 spiro atoms. The Bertz CT molecular complexity index is 1550. The average molecular weight is 635 g/mol. The van der Waals surface area contributed by atoms with Gasteiger partial charge in [0, 0.05) is 5.56 Å². The molecule has 0 aliphatic rings. The summed E-state index contributed by atoms with van der Waals surface area (Å²) in [5, 5.41) is 3.54. The number of carbonyl (C=O) groups excluding carboxylic acids is 3. The summed E-state index contributed by atoms with van der Waals surface area (Å²) in [6.45, 7) is 4.80. The highest BCUT2D eigenvalue weighted by molar-refractivity contribution is 7.79. The van der Waals surface area contributed by atoms with E-state index >= 15 is 0 Å². The lowest BCUT2D eigenvalue weighted by molar-refractivity contribution is -0.147. The molecule has 0 heterocycles. The van der Waals surface area contributed by atoms with E-state index in [2.05, 4.69) is 30.8 Å². The van der Waals surface area contributed by atoms with Crippen LogP contribution in [0.15, 0.2) is 109 Å². The van der Waals surface area contributed by atoms with Crippen LogP contribution >= 0.6 is 31.1 Å². The van der Waals surface area contributed by atoms with Gasteiger partial charge in [-0.25, -0.2) is 9.59 Å². The van der Waals surface area contributed by atoms with Crippen molar-refractivity contribution >= 4 is 64.8 Å². The summed E-state index contributed by atoms with van der Waals surface area (Å²) in [5.74, 6) is -1.40. The summed E-state index contributed by atoms with van der Waals surface area (Å²) < 4.78 is 15.8. The first-order valence-corrected chi connectivity index (χ1v) is 15.6. The van der Waals surface area contributed by atoms with Crippen LogP contribution in [-0.4, -0.2) is 37.5 Å². The van der Waals surface area contributed by atoms with E-state index in [1.807, 2.05) is 55.5 Å². The van der Waals surface area contributed by atoms with Crippen molar-refractivity contribution in [2.45, 2.75) is 13.3 Å². The number of ether oxygens (including phenoxy) is 3. The number of ketones is 1. The molecule has 0 unspecified atom stereocenters. The predicted octanol–water partition coefficient (Wildman–Crippen LogP) is 6.68. The molecule has 0 atom stereocenters. The maximum atomic E-state index is 12.6. The number of hydrogen-bond acceptors (Lipinski definition) is 6. The van der Waals surface area contributed by atoms with E-state index in [4.69, 9.17) is 37.4 Å². The van der Waals surface area contributed by atoms with Gasteiger partial charge in [-0.3, -0.25) is 4.79 Å². The Morgan fingerprint density at radius 1 is 0.721 bits per heavy atom. The second kappa shape index (κ2) is 15.5. The lowest BCUT2D eigenvalue weighted by Crippen LogP contribution is -2.21. The zero-order valence-corrected chi connectivity index (χ0v) is 25.8. The Kier molecular flexibility index (Phi) is 11.5. The lowest BCUT2D eigenvalue weighted by atomic mass is 10.0. The second-order valence-electron chi connectivity index (χ2n) is 9.22. The van der Waals surface area contributed by atoms with E-state index in [0.717, 1.165) is 5.30 Å². The van der Waals surface area contributed by atoms with Crippen LogP contribution in [0.25, 0.3) is 0 Å². The molecule has 6 nitrogen and oxygen atoms in total. The molecule has 0 amide bonds. The largest absolute Gasteiger partial charge is 0.480 e. The molecular formula is C34H29Cl2O6P. The molecule has 0 saturated carbocycles. The standard InChI is InChI=1S/C34H29Cl2O6P/c1-3-23(2)33(38)28-18-19-29(32(36)31(28)35)42-22-30(37)40-20-21-41-34(39)24-14-16-27(17-15-24)43(25-10-6-4-7-11-25)26-12-8-5-9-13-26/h4-19H,2-3,20-22H2,1H3. The monoisotopic (exact) mass is 634 g/mol. The molecule has 4 rings (SSSR count). The Hall–Kier alpha value is -3.96. The minimum atomic E-state index is -0.787. The molecule has 220 valence electrons. The Morgan fingerprint density at radius 3 is 1.86 bits per heavy atom. The molecule has 0 aliphatic carbocycles. The molecule has 0 aliphatic heterocycles. The molecule has 0 N–H and O–H groups in total. The van der Waals surface area contributed by atoms with Crippen LogP contribution in [0, 0.1) is 0 Å². The van der Waals surface area contributed by atoms with Gasteiger partial charge in [0.15, 0.2) is 12.4 Å². The van der Waals surface area contributed by atoms with Gasteiger partial charge in [0.05, 0.1) is 10.6 Å². The summed E-state index contributed by atoms with van der Waals surface area (Å²) in [6.07, 6.45) is 0.475. The van der Waals surface area contributed by atoms with Crippen LogP contribution in [0.3, 0.4) is 0 Å². The van der Waals surface area contributed by atoms with Crippen molar-refractivity contribution in [3.05, 3.63) is 130 Å². The maximum absolute atomic E-state index is 12.6. The number of rotatable bonds is 13. The fraction of sp³-hybridized carbons (Fsp3) is 0.147. The van der Waals surface area contributed by atoms with E-state index < -0.39 is 26.5 Å². The SMILES string of the molecule is C=C(CC)C(=O)c1ccc(OCC(=O)OCCOC(=O)c2ccc(P(c3ccccc3)c3ccccc3)cc2)c(Cl)c1Cl. The molecule has 4 aromatic carbocycles. The summed E-state index contributed by atoms with van der Waals surface area (Å²) in [7, 11) is -0.787. The Balaban J connectivity index is 1.26. The molecule has 43 heavy (non-hydrogen) atoms. The van der Waals surface area contributed by atoms with Crippen molar-refractivity contribution in [1.29, 1.82) is 0 Å². The lowest BCUT2D eigenvalue weighted by Gasteiger charge is -2.19. The van der Waals surface area contributed by atoms with Gasteiger partial charge in [0.2, 0.25) is 0 Å². The van der Waals surface area contributed by atoms with Crippen LogP contribution in [0.5, 0.6) is 5.75 Å². The van der Waals surface area contributed by atoms with Crippen molar-refractivity contribution in [2.75, 3.05) is 19.8 Å². The van der Waals surface area contributed by atoms with Gasteiger partial charge in [0.25, 0.3) is 0 Å². The van der Waals surface area contributed by atoms with Crippen LogP contribution in [-0.2, 0) is 14.3 Å². The van der Waals surface area contributed by atoms with Crippen molar-refractivity contribution in [1.82, 2.24) is 0 Å². The quantitative estimate of drug-likeness (QED) is 0.0537. The number of Topliss-reactive ketones (excluding diaryl/α,β-unsaturated/α-hetero) is 1. The number of benzene rings is 4. The number of halogens is 2. The van der Waals surface area contributed by atoms with Crippen LogP contribution in [0.2, 0.25) is 10.0 Å². The van der Waals surface area contributed by atoms with Crippen molar-refractivity contribution in [2.24, 2.45) is 0 Å². The van der Waals surface area contributed by atoms with Crippen molar-refractivity contribution < 1.29 is 28.6 Å². The van der Waals surface area contributed by atoms with Gasteiger partial charge < -0.3 is 14.2 Å². The molecule has 0 aromatic heterocycles. The third kappa shape index (κ3) is 8.32. The number of esters is 2. The van der Waals surface area contributed by atoms with Gasteiger partial charge in [-0.1, -0.05) is 110 Å². The summed E-state index contributed by atoms with van der Waals surface area (Å²) in [5.41, 5.74) is 0.997. The number of allylic oxidation sites excluding steroid dienone is 1. The molecule has 0 saturated heterocycles. The summed E-state index contributed by atoms with van der Waals surface area (Å²) in [6, 6.07) is 30.8. The fourth-order valence-corrected chi connectivity index (χ4v) is 6.81. The summed E-state index contributed by atoms with van der Waals surface area (Å²) in [4.78, 5) is 37.1. The van der Waals surface area contributed by atoms with E-state index in [0.29, 0.717) is 17.6 Å². The van der Waals surface area contributed by atoms with E-state index in [-0.39, 0.29) is 40.4 Å². The molecular weight excluding hydrogens is 606 g/mol. The van der Waals surface area contributed by atoms with Gasteiger partial charge in [0.1, 0.15) is 24.0 Å². The highest BCUT2D eigenvalue weighted by atomic mass is 35.5. The molecule has 4 aromatic rings. The van der Waals surface area contributed by atoms with Gasteiger partial charge in [-0.15, -0.1) is 0 Å². The van der Waals surface area contributed by atoms with Crippen molar-refractivity contribution in [3.63, 3.8) is 0 Å². The number of hydrogen-bond donors (Lipinski definition) is 0. The van der Waals surface area contributed by atoms with E-state index in [1.165, 1.54) is 22.7 Å². The normalized spacial score (nSPS) is 10.7. The first kappa shape index (κ1) is 32.0. The van der Waals surface area contributed by atoms with Gasteiger partial charge >= 0.3 is 11.9 Å². The van der Waals surface area contributed by atoms with Crippen LogP contribution in [0.4, 0.5) is 0 Å². The highest BCUT2D eigenvalue weighted by Crippen LogP contribution is 2.36. The van der Waals surface area contributed by atoms with Crippen LogP contribution in [0.1, 0.15) is 34.1 Å². The first-order valence-electron chi connectivity index (χ1n) is 13.5. The van der Waals surface area contributed by atoms with Crippen molar-refractivity contribution in [3.8, 4) is 5.75 Å². The first-order chi connectivity index (χ1) is 20.8. The smallest absolute Gasteiger partial charge is 0.344 e. The Labute approximate surface area is 261 Å². The molecule has 0 radical (unpaired) electrons. The predicted molar refractivity (Wildman–Crippen MR) is 172 cm³/mol. The van der Waals surface area contributed by atoms with E-state index in [1.54, 1.807) is 12.1 Å². The van der Waals surface area contributed by atoms with Gasteiger partial charge in [-0.05, 0) is 60.1 Å². The topological polar surface area (TPSA) is 78.9 Å². The molecule has 9 heteroatoms. The third-order valence-electron chi connectivity index (χ3n) is 6.35. The Morgan fingerprint density at radius 2 is 1.28 bits per heavy atom. The molecule has 0 bridgehead atoms. The average Bonchev–Trinajstić information content (AvgIpc) is 3.04. The fourth-order valence-electron chi connectivity index (χ4n) is 4.07. The minimum absolute atomic E-state index is 0.00395. The maximum Gasteiger partial charge on any atom is 0.344 e. The third-order valence-corrected chi connectivity index (χ3v) is 9.66. The number of carbonyl (C=O) groups is 3. The highest BCUT2D eigenvalue weighted by Gasteiger charge is 2.19. The summed E-state index contributed by atoms with van der Waals surface area (Å²) >= 11 is 12.5. The van der Waals surface area contributed by atoms with Crippen LogP contribution < -0.4 is 20.7 Å². The zero-order valence-electron chi connectivity index (χ0n) is 23.4. The van der Waals surface area contributed by atoms with Gasteiger partial charge in [-0.2, -0.15) is 0 Å². The minimum Gasteiger partial charge on any atom is -0.480 e. The second-order valence-corrected chi connectivity index (χ2v) is 12.2. The van der Waals surface area contributed by atoms with E-state index in [9.17, 15) is 14.4 Å².